The van der Waals surface area contributed by atoms with Crippen molar-refractivity contribution < 1.29 is 14.6 Å². The average Bonchev–Trinajstić information content (AvgIpc) is 2.38. The van der Waals surface area contributed by atoms with Gasteiger partial charge in [0.2, 0.25) is 5.91 Å². The SMILES string of the molecule is COCC(O)CCNCC(=O)Nc1ccc(Br)cc1. The van der Waals surface area contributed by atoms with E-state index in [2.05, 4.69) is 26.6 Å². The number of halogens is 1. The van der Waals surface area contributed by atoms with E-state index in [1.807, 2.05) is 24.3 Å². The Labute approximate surface area is 121 Å². The highest BCUT2D eigenvalue weighted by Crippen LogP contribution is 2.13. The van der Waals surface area contributed by atoms with Gasteiger partial charge in [0.05, 0.1) is 19.3 Å². The third-order valence-corrected chi connectivity index (χ3v) is 2.96. The van der Waals surface area contributed by atoms with Gasteiger partial charge in [-0.05, 0) is 37.2 Å². The second-order valence-electron chi connectivity index (χ2n) is 4.13. The lowest BCUT2D eigenvalue weighted by atomic mass is 10.2. The molecule has 0 aliphatic rings. The molecule has 3 N–H and O–H groups in total. The van der Waals surface area contributed by atoms with Gasteiger partial charge in [0.15, 0.2) is 0 Å². The Hall–Kier alpha value is -0.950. The van der Waals surface area contributed by atoms with Crippen LogP contribution in [-0.4, -0.2) is 43.9 Å². The monoisotopic (exact) mass is 330 g/mol. The Bertz CT molecular complexity index is 384. The van der Waals surface area contributed by atoms with Gasteiger partial charge < -0.3 is 20.5 Å². The molecule has 0 heterocycles. The van der Waals surface area contributed by atoms with Crippen molar-refractivity contribution in [1.82, 2.24) is 5.32 Å². The molecule has 5 nitrogen and oxygen atoms in total. The second-order valence-corrected chi connectivity index (χ2v) is 5.05. The highest BCUT2D eigenvalue weighted by atomic mass is 79.9. The van der Waals surface area contributed by atoms with Crippen LogP contribution in [0.15, 0.2) is 28.7 Å². The molecule has 0 saturated carbocycles. The summed E-state index contributed by atoms with van der Waals surface area (Å²) < 4.78 is 5.78. The van der Waals surface area contributed by atoms with Crippen LogP contribution in [0.25, 0.3) is 0 Å². The highest BCUT2D eigenvalue weighted by molar-refractivity contribution is 9.10. The van der Waals surface area contributed by atoms with Gasteiger partial charge in [-0.2, -0.15) is 0 Å². The zero-order chi connectivity index (χ0) is 14.1. The third kappa shape index (κ3) is 7.27. The van der Waals surface area contributed by atoms with E-state index in [0.717, 1.165) is 10.2 Å². The number of benzene rings is 1. The Morgan fingerprint density at radius 1 is 1.42 bits per heavy atom. The quantitative estimate of drug-likeness (QED) is 0.630. The van der Waals surface area contributed by atoms with Crippen LogP contribution < -0.4 is 10.6 Å². The predicted molar refractivity (Wildman–Crippen MR) is 78.1 cm³/mol. The molecule has 0 aliphatic heterocycles. The van der Waals surface area contributed by atoms with Crippen molar-refractivity contribution in [2.45, 2.75) is 12.5 Å². The molecule has 0 bridgehead atoms. The van der Waals surface area contributed by atoms with E-state index in [4.69, 9.17) is 4.74 Å². The molecule has 0 radical (unpaired) electrons. The standard InChI is InChI=1S/C13H19BrN2O3/c1-19-9-12(17)6-7-15-8-13(18)16-11-4-2-10(14)3-5-11/h2-5,12,15,17H,6-9H2,1H3,(H,16,18). The molecule has 1 rings (SSSR count). The summed E-state index contributed by atoms with van der Waals surface area (Å²) >= 11 is 3.33. The van der Waals surface area contributed by atoms with E-state index in [9.17, 15) is 9.90 Å². The van der Waals surface area contributed by atoms with Gasteiger partial charge in [-0.25, -0.2) is 0 Å². The van der Waals surface area contributed by atoms with Crippen molar-refractivity contribution in [2.24, 2.45) is 0 Å². The van der Waals surface area contributed by atoms with E-state index in [1.54, 1.807) is 7.11 Å². The lowest BCUT2D eigenvalue weighted by Crippen LogP contribution is -2.31. The van der Waals surface area contributed by atoms with Crippen LogP contribution in [0.3, 0.4) is 0 Å². The van der Waals surface area contributed by atoms with Crippen LogP contribution >= 0.6 is 15.9 Å². The largest absolute Gasteiger partial charge is 0.391 e. The number of nitrogens with one attached hydrogen (secondary N) is 2. The van der Waals surface area contributed by atoms with E-state index in [0.29, 0.717) is 19.6 Å². The number of hydrogen-bond donors (Lipinski definition) is 3. The summed E-state index contributed by atoms with van der Waals surface area (Å²) in [5.41, 5.74) is 0.759. The average molecular weight is 331 g/mol. The molecular weight excluding hydrogens is 312 g/mol. The first-order chi connectivity index (χ1) is 9.11. The topological polar surface area (TPSA) is 70.6 Å². The molecular formula is C13H19BrN2O3. The molecule has 0 spiro atoms. The number of methoxy groups -OCH3 is 1. The number of aliphatic hydroxyl groups excluding tert-OH is 1. The van der Waals surface area contributed by atoms with Crippen LogP contribution in [0.1, 0.15) is 6.42 Å². The third-order valence-electron chi connectivity index (χ3n) is 2.43. The number of hydrogen-bond acceptors (Lipinski definition) is 4. The van der Waals surface area contributed by atoms with Crippen LogP contribution in [0.2, 0.25) is 0 Å². The number of aliphatic hydroxyl groups is 1. The number of carbonyl (C=O) groups excluding carboxylic acids is 1. The minimum atomic E-state index is -0.493. The van der Waals surface area contributed by atoms with Gasteiger partial charge >= 0.3 is 0 Å². The molecule has 0 aliphatic carbocycles. The van der Waals surface area contributed by atoms with Crippen LogP contribution in [0.4, 0.5) is 5.69 Å². The summed E-state index contributed by atoms with van der Waals surface area (Å²) in [6.07, 6.45) is 0.0615. The normalized spacial score (nSPS) is 12.2. The van der Waals surface area contributed by atoms with Gasteiger partial charge in [0, 0.05) is 17.3 Å². The second kappa shape index (κ2) is 9.03. The van der Waals surface area contributed by atoms with Crippen molar-refractivity contribution >= 4 is 27.5 Å². The summed E-state index contributed by atoms with van der Waals surface area (Å²) in [5.74, 6) is -0.108. The van der Waals surface area contributed by atoms with Gasteiger partial charge in [-0.1, -0.05) is 15.9 Å². The maximum absolute atomic E-state index is 11.6. The maximum Gasteiger partial charge on any atom is 0.238 e. The van der Waals surface area contributed by atoms with Crippen LogP contribution in [-0.2, 0) is 9.53 Å². The van der Waals surface area contributed by atoms with Crippen molar-refractivity contribution in [1.29, 1.82) is 0 Å². The van der Waals surface area contributed by atoms with Crippen molar-refractivity contribution in [3.8, 4) is 0 Å². The fourth-order valence-corrected chi connectivity index (χ4v) is 1.75. The highest BCUT2D eigenvalue weighted by Gasteiger charge is 2.04. The summed E-state index contributed by atoms with van der Waals surface area (Å²) in [6, 6.07) is 7.38. The minimum Gasteiger partial charge on any atom is -0.391 e. The minimum absolute atomic E-state index is 0.108. The molecule has 0 fully saturated rings. The number of amides is 1. The Kier molecular flexibility index (Phi) is 7.66. The summed E-state index contributed by atoms with van der Waals surface area (Å²) in [7, 11) is 1.54. The predicted octanol–water partition coefficient (Wildman–Crippen LogP) is 1.37. The molecule has 1 aromatic rings. The Morgan fingerprint density at radius 2 is 2.11 bits per heavy atom. The lowest BCUT2D eigenvalue weighted by Gasteiger charge is -2.10. The lowest BCUT2D eigenvalue weighted by molar-refractivity contribution is -0.115. The molecule has 106 valence electrons. The first-order valence-electron chi connectivity index (χ1n) is 6.05. The fraction of sp³-hybridized carbons (Fsp3) is 0.462. The van der Waals surface area contributed by atoms with E-state index in [1.165, 1.54) is 0 Å². The number of carbonyl (C=O) groups is 1. The zero-order valence-electron chi connectivity index (χ0n) is 10.9. The molecule has 0 saturated heterocycles. The van der Waals surface area contributed by atoms with Gasteiger partial charge in [-0.3, -0.25) is 4.79 Å². The van der Waals surface area contributed by atoms with Gasteiger partial charge in [0.1, 0.15) is 0 Å². The van der Waals surface area contributed by atoms with Crippen molar-refractivity contribution in [2.75, 3.05) is 32.1 Å². The van der Waals surface area contributed by atoms with Crippen molar-refractivity contribution in [3.63, 3.8) is 0 Å². The van der Waals surface area contributed by atoms with Crippen molar-refractivity contribution in [3.05, 3.63) is 28.7 Å². The maximum atomic E-state index is 11.6. The number of ether oxygens (including phenoxy) is 1. The van der Waals surface area contributed by atoms with E-state index >= 15 is 0 Å². The first kappa shape index (κ1) is 16.1. The molecule has 0 aromatic heterocycles. The van der Waals surface area contributed by atoms with Crippen LogP contribution in [0, 0.1) is 0 Å². The molecule has 1 unspecified atom stereocenters. The smallest absolute Gasteiger partial charge is 0.238 e. The molecule has 1 amide bonds. The summed E-state index contributed by atoms with van der Waals surface area (Å²) in [5, 5.41) is 15.1. The molecule has 1 atom stereocenters. The Morgan fingerprint density at radius 3 is 2.74 bits per heavy atom. The first-order valence-corrected chi connectivity index (χ1v) is 6.84. The van der Waals surface area contributed by atoms with E-state index < -0.39 is 6.10 Å². The van der Waals surface area contributed by atoms with Crippen LogP contribution in [0.5, 0.6) is 0 Å². The van der Waals surface area contributed by atoms with E-state index in [-0.39, 0.29) is 12.5 Å². The molecule has 6 heteroatoms. The Balaban J connectivity index is 2.16. The van der Waals surface area contributed by atoms with Gasteiger partial charge in [-0.15, -0.1) is 0 Å². The van der Waals surface area contributed by atoms with Gasteiger partial charge in [0.25, 0.3) is 0 Å². The fourth-order valence-electron chi connectivity index (χ4n) is 1.48. The molecule has 1 aromatic carbocycles. The zero-order valence-corrected chi connectivity index (χ0v) is 12.4. The number of rotatable bonds is 8. The molecule has 19 heavy (non-hydrogen) atoms. The summed E-state index contributed by atoms with van der Waals surface area (Å²) in [6.45, 7) is 1.10. The summed E-state index contributed by atoms with van der Waals surface area (Å²) in [4.78, 5) is 11.6. The number of anilines is 1.